The Morgan fingerprint density at radius 3 is 2.57 bits per heavy atom. The summed E-state index contributed by atoms with van der Waals surface area (Å²) < 4.78 is 67.1. The van der Waals surface area contributed by atoms with Crippen molar-refractivity contribution >= 4 is 15.9 Å². The Kier molecular flexibility index (Phi) is 4.02. The molecule has 11 heteroatoms. The molecule has 1 fully saturated rings. The number of pyridine rings is 1. The van der Waals surface area contributed by atoms with Gasteiger partial charge in [0, 0.05) is 19.3 Å². The van der Waals surface area contributed by atoms with E-state index in [4.69, 9.17) is 0 Å². The first-order valence-corrected chi connectivity index (χ1v) is 8.37. The SMILES string of the molecule is O=S(=O)(NCc1nnc2cc(C(F)(F)F)ccn12)N1CCCC1. The van der Waals surface area contributed by atoms with E-state index >= 15 is 0 Å². The Morgan fingerprint density at radius 2 is 1.91 bits per heavy atom. The average Bonchev–Trinajstić information content (AvgIpc) is 3.14. The quantitative estimate of drug-likeness (QED) is 0.899. The standard InChI is InChI=1S/C12H14F3N5O2S/c13-12(14,15)9-3-6-20-10(7-9)17-18-11(20)8-16-23(21,22)19-4-1-2-5-19/h3,6-7,16H,1-2,4-5,8H2. The highest BCUT2D eigenvalue weighted by atomic mass is 32.2. The number of hydrogen-bond donors (Lipinski definition) is 1. The van der Waals surface area contributed by atoms with Crippen molar-refractivity contribution in [3.63, 3.8) is 0 Å². The van der Waals surface area contributed by atoms with Crippen molar-refractivity contribution in [2.75, 3.05) is 13.1 Å². The summed E-state index contributed by atoms with van der Waals surface area (Å²) in [7, 11) is -3.61. The van der Waals surface area contributed by atoms with Gasteiger partial charge in [-0.1, -0.05) is 0 Å². The van der Waals surface area contributed by atoms with Crippen molar-refractivity contribution in [1.29, 1.82) is 0 Å². The van der Waals surface area contributed by atoms with Crippen molar-refractivity contribution < 1.29 is 21.6 Å². The second-order valence-corrected chi connectivity index (χ2v) is 6.95. The molecule has 0 aromatic carbocycles. The van der Waals surface area contributed by atoms with E-state index < -0.39 is 21.9 Å². The lowest BCUT2D eigenvalue weighted by molar-refractivity contribution is -0.137. The van der Waals surface area contributed by atoms with E-state index in [1.54, 1.807) is 0 Å². The minimum atomic E-state index is -4.47. The van der Waals surface area contributed by atoms with Crippen molar-refractivity contribution in [1.82, 2.24) is 23.6 Å². The number of rotatable bonds is 4. The molecule has 0 aliphatic carbocycles. The third-order valence-corrected chi connectivity index (χ3v) is 5.18. The first-order valence-electron chi connectivity index (χ1n) is 6.93. The average molecular weight is 349 g/mol. The molecule has 0 bridgehead atoms. The smallest absolute Gasteiger partial charge is 0.285 e. The molecule has 126 valence electrons. The van der Waals surface area contributed by atoms with Gasteiger partial charge in [-0.2, -0.15) is 30.6 Å². The number of nitrogens with zero attached hydrogens (tertiary/aromatic N) is 4. The molecular formula is C12H14F3N5O2S. The van der Waals surface area contributed by atoms with Crippen LogP contribution in [0.25, 0.3) is 5.65 Å². The van der Waals surface area contributed by atoms with E-state index in [0.717, 1.165) is 25.0 Å². The predicted molar refractivity (Wildman–Crippen MR) is 74.6 cm³/mol. The molecule has 2 aromatic heterocycles. The Labute approximate surface area is 130 Å². The Morgan fingerprint density at radius 1 is 1.22 bits per heavy atom. The van der Waals surface area contributed by atoms with Crippen molar-refractivity contribution in [2.45, 2.75) is 25.6 Å². The number of aromatic nitrogens is 3. The van der Waals surface area contributed by atoms with E-state index in [1.807, 2.05) is 0 Å². The van der Waals surface area contributed by atoms with Gasteiger partial charge in [-0.25, -0.2) is 0 Å². The van der Waals surface area contributed by atoms with Gasteiger partial charge in [0.15, 0.2) is 11.5 Å². The summed E-state index contributed by atoms with van der Waals surface area (Å²) in [5, 5.41) is 7.40. The van der Waals surface area contributed by atoms with Crippen LogP contribution in [0.2, 0.25) is 0 Å². The maximum atomic E-state index is 12.6. The molecule has 0 unspecified atom stereocenters. The van der Waals surface area contributed by atoms with Gasteiger partial charge in [0.1, 0.15) is 0 Å². The minimum absolute atomic E-state index is 0.00944. The number of alkyl halides is 3. The van der Waals surface area contributed by atoms with Crippen molar-refractivity contribution in [2.24, 2.45) is 0 Å². The third kappa shape index (κ3) is 3.31. The summed E-state index contributed by atoms with van der Waals surface area (Å²) in [6.07, 6.45) is -1.66. The summed E-state index contributed by atoms with van der Waals surface area (Å²) in [5.74, 6) is 0.219. The topological polar surface area (TPSA) is 79.6 Å². The number of fused-ring (bicyclic) bond motifs is 1. The molecule has 1 aliphatic rings. The van der Waals surface area contributed by atoms with Crippen molar-refractivity contribution in [3.05, 3.63) is 29.7 Å². The van der Waals surface area contributed by atoms with Crippen LogP contribution in [0.15, 0.2) is 18.3 Å². The molecule has 23 heavy (non-hydrogen) atoms. The van der Waals surface area contributed by atoms with E-state index in [1.165, 1.54) is 14.9 Å². The maximum Gasteiger partial charge on any atom is 0.416 e. The largest absolute Gasteiger partial charge is 0.416 e. The number of hydrogen-bond acceptors (Lipinski definition) is 4. The van der Waals surface area contributed by atoms with Gasteiger partial charge in [0.25, 0.3) is 10.2 Å². The monoisotopic (exact) mass is 349 g/mol. The van der Waals surface area contributed by atoms with Gasteiger partial charge in [-0.15, -0.1) is 10.2 Å². The molecule has 7 nitrogen and oxygen atoms in total. The molecule has 0 saturated carbocycles. The normalized spacial score (nSPS) is 17.2. The van der Waals surface area contributed by atoms with Crippen molar-refractivity contribution in [3.8, 4) is 0 Å². The lowest BCUT2D eigenvalue weighted by Gasteiger charge is -2.15. The predicted octanol–water partition coefficient (Wildman–Crippen LogP) is 1.18. The number of halogens is 3. The summed E-state index contributed by atoms with van der Waals surface area (Å²) in [6, 6.07) is 1.76. The molecule has 0 amide bonds. The minimum Gasteiger partial charge on any atom is -0.285 e. The van der Waals surface area contributed by atoms with Gasteiger partial charge in [-0.05, 0) is 25.0 Å². The summed E-state index contributed by atoms with van der Waals surface area (Å²) in [5.41, 5.74) is -0.822. The highest BCUT2D eigenvalue weighted by molar-refractivity contribution is 7.87. The molecule has 3 rings (SSSR count). The van der Waals surface area contributed by atoms with Crippen LogP contribution in [0.1, 0.15) is 24.2 Å². The second-order valence-electron chi connectivity index (χ2n) is 5.19. The van der Waals surface area contributed by atoms with E-state index in [-0.39, 0.29) is 18.0 Å². The van der Waals surface area contributed by atoms with Gasteiger partial charge < -0.3 is 0 Å². The fraction of sp³-hybridized carbons (Fsp3) is 0.500. The third-order valence-electron chi connectivity index (χ3n) is 3.63. The molecule has 1 aliphatic heterocycles. The molecular weight excluding hydrogens is 335 g/mol. The highest BCUT2D eigenvalue weighted by Crippen LogP contribution is 2.29. The zero-order valence-corrected chi connectivity index (χ0v) is 12.7. The van der Waals surface area contributed by atoms with Crippen LogP contribution >= 0.6 is 0 Å². The van der Waals surface area contributed by atoms with Gasteiger partial charge in [0.2, 0.25) is 0 Å². The fourth-order valence-corrected chi connectivity index (χ4v) is 3.65. The van der Waals surface area contributed by atoms with E-state index in [0.29, 0.717) is 13.1 Å². The molecule has 0 radical (unpaired) electrons. The first kappa shape index (κ1) is 16.1. The van der Waals surface area contributed by atoms with Crippen LogP contribution in [-0.2, 0) is 22.9 Å². The maximum absolute atomic E-state index is 12.6. The van der Waals surface area contributed by atoms with Crippen LogP contribution in [0.3, 0.4) is 0 Å². The first-order chi connectivity index (χ1) is 10.8. The van der Waals surface area contributed by atoms with E-state index in [2.05, 4.69) is 14.9 Å². The van der Waals surface area contributed by atoms with E-state index in [9.17, 15) is 21.6 Å². The van der Waals surface area contributed by atoms with Crippen LogP contribution in [0.5, 0.6) is 0 Å². The van der Waals surface area contributed by atoms with Gasteiger partial charge in [0.05, 0.1) is 12.1 Å². The van der Waals surface area contributed by atoms with Gasteiger partial charge in [-0.3, -0.25) is 4.40 Å². The lowest BCUT2D eigenvalue weighted by atomic mass is 10.2. The van der Waals surface area contributed by atoms with Crippen LogP contribution in [-0.4, -0.2) is 40.4 Å². The summed E-state index contributed by atoms with van der Waals surface area (Å²) in [6.45, 7) is 0.779. The molecule has 0 atom stereocenters. The van der Waals surface area contributed by atoms with Crippen LogP contribution < -0.4 is 4.72 Å². The molecule has 1 N–H and O–H groups in total. The lowest BCUT2D eigenvalue weighted by Crippen LogP contribution is -2.38. The number of nitrogens with one attached hydrogen (secondary N) is 1. The highest BCUT2D eigenvalue weighted by Gasteiger charge is 2.31. The zero-order valence-electron chi connectivity index (χ0n) is 11.9. The second kappa shape index (κ2) is 5.73. The molecule has 3 heterocycles. The fourth-order valence-electron chi connectivity index (χ4n) is 2.41. The molecule has 1 saturated heterocycles. The van der Waals surface area contributed by atoms with Crippen LogP contribution in [0.4, 0.5) is 13.2 Å². The summed E-state index contributed by atoms with van der Waals surface area (Å²) >= 11 is 0. The Hall–Kier alpha value is -1.72. The molecule has 0 spiro atoms. The van der Waals surface area contributed by atoms with Gasteiger partial charge >= 0.3 is 6.18 Å². The van der Waals surface area contributed by atoms with Crippen LogP contribution in [0, 0.1) is 0 Å². The molecule has 2 aromatic rings. The zero-order chi connectivity index (χ0) is 16.7. The summed E-state index contributed by atoms with van der Waals surface area (Å²) in [4.78, 5) is 0. The Balaban J connectivity index is 1.79. The Bertz CT molecular complexity index is 812.